The molecule has 1 fully saturated rings. The predicted molar refractivity (Wildman–Crippen MR) is 79.7 cm³/mol. The number of nitrogens with one attached hydrogen (secondary N) is 3. The first-order chi connectivity index (χ1) is 9.16. The molecule has 2 atom stereocenters. The summed E-state index contributed by atoms with van der Waals surface area (Å²) >= 11 is 0. The van der Waals surface area contributed by atoms with Gasteiger partial charge in [0.2, 0.25) is 11.8 Å². The van der Waals surface area contributed by atoms with Gasteiger partial charge in [-0.1, -0.05) is 30.3 Å². The Balaban J connectivity index is 0.00000200. The minimum atomic E-state index is -0.420. The lowest BCUT2D eigenvalue weighted by Gasteiger charge is -2.23. The Morgan fingerprint density at radius 3 is 2.70 bits per heavy atom. The zero-order chi connectivity index (χ0) is 13.7. The van der Waals surface area contributed by atoms with E-state index >= 15 is 0 Å². The molecule has 3 N–H and O–H groups in total. The van der Waals surface area contributed by atoms with Crippen molar-refractivity contribution < 1.29 is 9.59 Å². The van der Waals surface area contributed by atoms with E-state index in [1.807, 2.05) is 37.3 Å². The molecule has 20 heavy (non-hydrogen) atoms. The van der Waals surface area contributed by atoms with Crippen LogP contribution in [0.2, 0.25) is 0 Å². The lowest BCUT2D eigenvalue weighted by atomic mass is 10.1. The van der Waals surface area contributed by atoms with Crippen LogP contribution in [0, 0.1) is 0 Å². The summed E-state index contributed by atoms with van der Waals surface area (Å²) in [5.74, 6) is -0.223. The molecule has 0 aliphatic carbocycles. The van der Waals surface area contributed by atoms with Crippen LogP contribution in [-0.2, 0) is 9.59 Å². The summed E-state index contributed by atoms with van der Waals surface area (Å²) < 4.78 is 0. The molecule has 0 aromatic heterocycles. The molecule has 0 bridgehead atoms. The second-order valence-corrected chi connectivity index (χ2v) is 4.70. The second kappa shape index (κ2) is 7.87. The molecule has 1 aromatic carbocycles. The standard InChI is InChI=1S/C14H19N3O2.ClH/c1-10(11-5-3-2-4-6-11)17-13(18)9-12-14(19)16-8-7-15-12;/h2-6,10,12,15H,7-9H2,1H3,(H,16,19)(H,17,18);1H. The summed E-state index contributed by atoms with van der Waals surface area (Å²) in [6, 6.07) is 9.28. The molecule has 0 saturated carbocycles. The summed E-state index contributed by atoms with van der Waals surface area (Å²) in [5, 5.41) is 8.69. The van der Waals surface area contributed by atoms with Gasteiger partial charge in [0, 0.05) is 13.1 Å². The SMILES string of the molecule is CC(NC(=O)CC1NCCNC1=O)c1ccccc1.Cl. The highest BCUT2D eigenvalue weighted by Gasteiger charge is 2.24. The molecular weight excluding hydrogens is 278 g/mol. The third-order valence-electron chi connectivity index (χ3n) is 3.20. The predicted octanol–water partition coefficient (Wildman–Crippen LogP) is 0.764. The van der Waals surface area contributed by atoms with Crippen molar-refractivity contribution in [1.82, 2.24) is 16.0 Å². The van der Waals surface area contributed by atoms with E-state index in [1.165, 1.54) is 0 Å². The summed E-state index contributed by atoms with van der Waals surface area (Å²) in [6.45, 7) is 3.26. The molecule has 5 nitrogen and oxygen atoms in total. The topological polar surface area (TPSA) is 70.2 Å². The van der Waals surface area contributed by atoms with Crippen molar-refractivity contribution >= 4 is 24.2 Å². The van der Waals surface area contributed by atoms with Crippen molar-refractivity contribution in [3.63, 3.8) is 0 Å². The smallest absolute Gasteiger partial charge is 0.237 e. The molecule has 2 unspecified atom stereocenters. The van der Waals surface area contributed by atoms with Crippen molar-refractivity contribution in [2.24, 2.45) is 0 Å². The summed E-state index contributed by atoms with van der Waals surface area (Å²) in [5.41, 5.74) is 1.05. The van der Waals surface area contributed by atoms with Gasteiger partial charge in [-0.15, -0.1) is 12.4 Å². The lowest BCUT2D eigenvalue weighted by Crippen LogP contribution is -2.54. The Hall–Kier alpha value is -1.59. The molecule has 1 heterocycles. The van der Waals surface area contributed by atoms with E-state index < -0.39 is 6.04 Å². The fourth-order valence-electron chi connectivity index (χ4n) is 2.12. The van der Waals surface area contributed by atoms with Crippen molar-refractivity contribution in [1.29, 1.82) is 0 Å². The highest BCUT2D eigenvalue weighted by atomic mass is 35.5. The molecule has 2 rings (SSSR count). The van der Waals surface area contributed by atoms with Gasteiger partial charge in [0.1, 0.15) is 0 Å². The third kappa shape index (κ3) is 4.51. The number of hydrogen-bond acceptors (Lipinski definition) is 3. The van der Waals surface area contributed by atoms with E-state index in [4.69, 9.17) is 0 Å². The van der Waals surface area contributed by atoms with Crippen LogP contribution in [0.5, 0.6) is 0 Å². The number of carbonyl (C=O) groups is 2. The Kier molecular flexibility index (Phi) is 6.48. The third-order valence-corrected chi connectivity index (χ3v) is 3.20. The number of rotatable bonds is 4. The maximum Gasteiger partial charge on any atom is 0.237 e. The first-order valence-corrected chi connectivity index (χ1v) is 6.52. The number of carbonyl (C=O) groups excluding carboxylic acids is 2. The molecule has 110 valence electrons. The maximum absolute atomic E-state index is 11.9. The van der Waals surface area contributed by atoms with Gasteiger partial charge in [-0.25, -0.2) is 0 Å². The van der Waals surface area contributed by atoms with Crippen LogP contribution >= 0.6 is 12.4 Å². The molecule has 0 spiro atoms. The molecule has 1 aliphatic rings. The monoisotopic (exact) mass is 297 g/mol. The average Bonchev–Trinajstić information content (AvgIpc) is 2.42. The highest BCUT2D eigenvalue weighted by Crippen LogP contribution is 2.11. The number of halogens is 1. The van der Waals surface area contributed by atoms with Crippen LogP contribution < -0.4 is 16.0 Å². The Morgan fingerprint density at radius 2 is 2.05 bits per heavy atom. The number of hydrogen-bond donors (Lipinski definition) is 3. The van der Waals surface area contributed by atoms with Crippen molar-refractivity contribution in [3.8, 4) is 0 Å². The molecule has 6 heteroatoms. The van der Waals surface area contributed by atoms with Crippen LogP contribution in [0.3, 0.4) is 0 Å². The Bertz CT molecular complexity index is 453. The van der Waals surface area contributed by atoms with E-state index in [2.05, 4.69) is 16.0 Å². The zero-order valence-corrected chi connectivity index (χ0v) is 12.2. The van der Waals surface area contributed by atoms with Crippen LogP contribution in [0.15, 0.2) is 30.3 Å². The average molecular weight is 298 g/mol. The number of piperazine rings is 1. The van der Waals surface area contributed by atoms with Gasteiger partial charge in [-0.05, 0) is 12.5 Å². The first-order valence-electron chi connectivity index (χ1n) is 6.52. The highest BCUT2D eigenvalue weighted by molar-refractivity contribution is 5.88. The van der Waals surface area contributed by atoms with Crippen molar-refractivity contribution in [2.75, 3.05) is 13.1 Å². The van der Waals surface area contributed by atoms with Crippen molar-refractivity contribution in [2.45, 2.75) is 25.4 Å². The minimum Gasteiger partial charge on any atom is -0.353 e. The van der Waals surface area contributed by atoms with E-state index in [9.17, 15) is 9.59 Å². The first kappa shape index (κ1) is 16.5. The fourth-order valence-corrected chi connectivity index (χ4v) is 2.12. The number of amides is 2. The van der Waals surface area contributed by atoms with Crippen LogP contribution in [0.1, 0.15) is 24.9 Å². The van der Waals surface area contributed by atoms with Gasteiger partial charge in [0.15, 0.2) is 0 Å². The summed E-state index contributed by atoms with van der Waals surface area (Å²) in [7, 11) is 0. The van der Waals surface area contributed by atoms with Gasteiger partial charge in [0.25, 0.3) is 0 Å². The zero-order valence-electron chi connectivity index (χ0n) is 11.4. The van der Waals surface area contributed by atoms with E-state index in [1.54, 1.807) is 0 Å². The molecular formula is C14H20ClN3O2. The molecule has 2 amide bonds. The summed E-state index contributed by atoms with van der Waals surface area (Å²) in [4.78, 5) is 23.4. The largest absolute Gasteiger partial charge is 0.353 e. The van der Waals surface area contributed by atoms with Crippen LogP contribution in [-0.4, -0.2) is 30.9 Å². The van der Waals surface area contributed by atoms with Gasteiger partial charge in [-0.2, -0.15) is 0 Å². The molecule has 1 aromatic rings. The Labute approximate surface area is 124 Å². The van der Waals surface area contributed by atoms with Gasteiger partial charge < -0.3 is 16.0 Å². The second-order valence-electron chi connectivity index (χ2n) is 4.70. The normalized spacial score (nSPS) is 19.4. The van der Waals surface area contributed by atoms with E-state index in [0.717, 1.165) is 5.56 Å². The fraction of sp³-hybridized carbons (Fsp3) is 0.429. The quantitative estimate of drug-likeness (QED) is 0.768. The maximum atomic E-state index is 11.9. The number of benzene rings is 1. The molecule has 0 radical (unpaired) electrons. The van der Waals surface area contributed by atoms with E-state index in [0.29, 0.717) is 13.1 Å². The lowest BCUT2D eigenvalue weighted by molar-refractivity contribution is -0.129. The van der Waals surface area contributed by atoms with Gasteiger partial charge in [0.05, 0.1) is 18.5 Å². The van der Waals surface area contributed by atoms with Crippen LogP contribution in [0.25, 0.3) is 0 Å². The van der Waals surface area contributed by atoms with Gasteiger partial charge >= 0.3 is 0 Å². The molecule has 1 aliphatic heterocycles. The molecule has 1 saturated heterocycles. The van der Waals surface area contributed by atoms with Gasteiger partial charge in [-0.3, -0.25) is 9.59 Å². The Morgan fingerprint density at radius 1 is 1.35 bits per heavy atom. The van der Waals surface area contributed by atoms with E-state index in [-0.39, 0.29) is 36.7 Å². The van der Waals surface area contributed by atoms with Crippen LogP contribution in [0.4, 0.5) is 0 Å². The van der Waals surface area contributed by atoms with Crippen molar-refractivity contribution in [3.05, 3.63) is 35.9 Å². The minimum absolute atomic E-state index is 0. The summed E-state index contributed by atoms with van der Waals surface area (Å²) in [6.07, 6.45) is 0.170.